The number of aliphatic hydroxyl groups excluding tert-OH is 1. The van der Waals surface area contributed by atoms with Gasteiger partial charge in [-0.1, -0.05) is 11.6 Å². The molecule has 144 valence electrons. The molecule has 1 aliphatic heterocycles. The first-order valence-electron chi connectivity index (χ1n) is 8.47. The van der Waals surface area contributed by atoms with Crippen molar-refractivity contribution in [3.63, 3.8) is 0 Å². The molecular formula is C19H26O7. The molecule has 1 heterocycles. The number of esters is 1. The zero-order valence-corrected chi connectivity index (χ0v) is 16.0. The Morgan fingerprint density at radius 1 is 1.31 bits per heavy atom. The Morgan fingerprint density at radius 3 is 2.35 bits per heavy atom. The van der Waals surface area contributed by atoms with Gasteiger partial charge in [-0.15, -0.1) is 0 Å². The summed E-state index contributed by atoms with van der Waals surface area (Å²) in [5.41, 5.74) is -4.84. The summed E-state index contributed by atoms with van der Waals surface area (Å²) in [5, 5.41) is 21.5. The highest BCUT2D eigenvalue weighted by Crippen LogP contribution is 2.56. The van der Waals surface area contributed by atoms with Gasteiger partial charge < -0.3 is 19.7 Å². The number of ketones is 2. The van der Waals surface area contributed by atoms with Gasteiger partial charge in [0, 0.05) is 0 Å². The van der Waals surface area contributed by atoms with Crippen LogP contribution in [0.2, 0.25) is 0 Å². The van der Waals surface area contributed by atoms with Crippen molar-refractivity contribution in [1.29, 1.82) is 0 Å². The fraction of sp³-hybridized carbons (Fsp3) is 0.632. The summed E-state index contributed by atoms with van der Waals surface area (Å²) in [4.78, 5) is 37.9. The first kappa shape index (κ1) is 20.3. The van der Waals surface area contributed by atoms with Crippen LogP contribution in [0.3, 0.4) is 0 Å². The van der Waals surface area contributed by atoms with E-state index in [2.05, 4.69) is 4.74 Å². The van der Waals surface area contributed by atoms with Gasteiger partial charge in [0.1, 0.15) is 11.4 Å². The first-order valence-corrected chi connectivity index (χ1v) is 8.47. The number of hydrogen-bond acceptors (Lipinski definition) is 7. The van der Waals surface area contributed by atoms with E-state index in [0.717, 1.165) is 19.6 Å². The predicted octanol–water partition coefficient (Wildman–Crippen LogP) is 1.22. The molecule has 1 fully saturated rings. The van der Waals surface area contributed by atoms with Crippen LogP contribution in [0.1, 0.15) is 47.5 Å². The number of fused-ring (bicyclic) bond motifs is 1. The molecule has 0 bridgehead atoms. The van der Waals surface area contributed by atoms with Crippen molar-refractivity contribution in [2.45, 2.75) is 64.8 Å². The van der Waals surface area contributed by atoms with Gasteiger partial charge in [0.05, 0.1) is 24.2 Å². The topological polar surface area (TPSA) is 110 Å². The fourth-order valence-electron chi connectivity index (χ4n) is 3.61. The molecule has 0 amide bonds. The van der Waals surface area contributed by atoms with Gasteiger partial charge in [-0.3, -0.25) is 9.59 Å². The quantitative estimate of drug-likeness (QED) is 0.437. The second-order valence-electron chi connectivity index (χ2n) is 7.78. The lowest BCUT2D eigenvalue weighted by Gasteiger charge is -2.45. The molecule has 1 saturated heterocycles. The van der Waals surface area contributed by atoms with E-state index in [4.69, 9.17) is 4.74 Å². The molecular weight excluding hydrogens is 340 g/mol. The van der Waals surface area contributed by atoms with Crippen LogP contribution in [0, 0.1) is 5.41 Å². The molecule has 0 unspecified atom stereocenters. The summed E-state index contributed by atoms with van der Waals surface area (Å²) >= 11 is 0. The number of ether oxygens (including phenoxy) is 2. The predicted molar refractivity (Wildman–Crippen MR) is 91.9 cm³/mol. The number of hydrogen-bond donors (Lipinski definition) is 2. The average Bonchev–Trinajstić information content (AvgIpc) is 2.71. The third-order valence-electron chi connectivity index (χ3n) is 5.19. The van der Waals surface area contributed by atoms with E-state index in [1.54, 1.807) is 19.9 Å². The SMILES string of the molecule is COC(=O)[C@]1(O)C(=O)[C@@]2(CC=C(C)C)C[C@@H](O)C(C)(C)OC2=C1C(C)=O. The van der Waals surface area contributed by atoms with Crippen molar-refractivity contribution in [2.24, 2.45) is 5.41 Å². The van der Waals surface area contributed by atoms with Crippen molar-refractivity contribution in [1.82, 2.24) is 0 Å². The molecule has 7 heteroatoms. The highest BCUT2D eigenvalue weighted by molar-refractivity contribution is 6.23. The Hall–Kier alpha value is -1.99. The van der Waals surface area contributed by atoms with E-state index in [1.807, 2.05) is 13.8 Å². The molecule has 0 aromatic heterocycles. The maximum absolute atomic E-state index is 13.3. The molecule has 2 aliphatic rings. The average molecular weight is 366 g/mol. The summed E-state index contributed by atoms with van der Waals surface area (Å²) in [5.74, 6) is -2.84. The van der Waals surface area contributed by atoms with Crippen LogP contribution in [0.4, 0.5) is 0 Å². The molecule has 3 atom stereocenters. The number of methoxy groups -OCH3 is 1. The van der Waals surface area contributed by atoms with Gasteiger partial charge in [0.15, 0.2) is 11.6 Å². The van der Waals surface area contributed by atoms with Crippen molar-refractivity contribution < 1.29 is 34.1 Å². The van der Waals surface area contributed by atoms with Crippen LogP contribution in [0.5, 0.6) is 0 Å². The van der Waals surface area contributed by atoms with Gasteiger partial charge >= 0.3 is 5.97 Å². The normalized spacial score (nSPS) is 32.6. The van der Waals surface area contributed by atoms with Crippen molar-refractivity contribution in [3.05, 3.63) is 23.0 Å². The van der Waals surface area contributed by atoms with Gasteiger partial charge in [-0.2, -0.15) is 0 Å². The summed E-state index contributed by atoms with van der Waals surface area (Å²) in [6.45, 7) is 8.06. The minimum Gasteiger partial charge on any atom is -0.488 e. The van der Waals surface area contributed by atoms with Crippen molar-refractivity contribution in [3.8, 4) is 0 Å². The molecule has 0 spiro atoms. The Kier molecular flexibility index (Phi) is 4.94. The van der Waals surface area contributed by atoms with Crippen LogP contribution in [-0.4, -0.2) is 52.2 Å². The van der Waals surface area contributed by atoms with E-state index in [1.165, 1.54) is 0 Å². The Morgan fingerprint density at radius 2 is 1.88 bits per heavy atom. The molecule has 2 rings (SSSR count). The third-order valence-corrected chi connectivity index (χ3v) is 5.19. The second kappa shape index (κ2) is 6.32. The summed E-state index contributed by atoms with van der Waals surface area (Å²) in [6.07, 6.45) is 0.738. The number of carbonyl (C=O) groups is 3. The molecule has 0 radical (unpaired) electrons. The van der Waals surface area contributed by atoms with E-state index in [-0.39, 0.29) is 18.6 Å². The first-order chi connectivity index (χ1) is 11.8. The number of allylic oxidation sites excluding steroid dienone is 3. The Labute approximate surface area is 152 Å². The highest BCUT2D eigenvalue weighted by Gasteiger charge is 2.70. The third kappa shape index (κ3) is 2.70. The lowest BCUT2D eigenvalue weighted by molar-refractivity contribution is -0.171. The molecule has 0 saturated carbocycles. The fourth-order valence-corrected chi connectivity index (χ4v) is 3.61. The van der Waals surface area contributed by atoms with Crippen LogP contribution in [0.15, 0.2) is 23.0 Å². The number of Topliss-reactive ketones (excluding diaryl/α,β-unsaturated/α-hetero) is 2. The van der Waals surface area contributed by atoms with E-state index in [9.17, 15) is 24.6 Å². The largest absolute Gasteiger partial charge is 0.488 e. The highest BCUT2D eigenvalue weighted by atomic mass is 16.5. The van der Waals surface area contributed by atoms with Gasteiger partial charge in [0.25, 0.3) is 5.60 Å². The van der Waals surface area contributed by atoms with E-state index < -0.39 is 45.8 Å². The molecule has 0 aromatic rings. The molecule has 7 nitrogen and oxygen atoms in total. The smallest absolute Gasteiger partial charge is 0.350 e. The Balaban J connectivity index is 2.82. The van der Waals surface area contributed by atoms with E-state index in [0.29, 0.717) is 0 Å². The number of rotatable bonds is 4. The van der Waals surface area contributed by atoms with E-state index >= 15 is 0 Å². The van der Waals surface area contributed by atoms with Gasteiger partial charge in [-0.05, 0) is 47.5 Å². The molecule has 0 aromatic carbocycles. The maximum Gasteiger partial charge on any atom is 0.350 e. The minimum absolute atomic E-state index is 0.0456. The molecule has 26 heavy (non-hydrogen) atoms. The van der Waals surface area contributed by atoms with Crippen LogP contribution >= 0.6 is 0 Å². The van der Waals surface area contributed by atoms with Crippen LogP contribution in [0.25, 0.3) is 0 Å². The lowest BCUT2D eigenvalue weighted by atomic mass is 9.70. The maximum atomic E-state index is 13.3. The van der Waals surface area contributed by atoms with Crippen molar-refractivity contribution in [2.75, 3.05) is 7.11 Å². The summed E-state index contributed by atoms with van der Waals surface area (Å²) in [7, 11) is 1.03. The van der Waals surface area contributed by atoms with Gasteiger partial charge in [-0.25, -0.2) is 4.79 Å². The van der Waals surface area contributed by atoms with Crippen LogP contribution in [-0.2, 0) is 23.9 Å². The zero-order valence-electron chi connectivity index (χ0n) is 16.0. The van der Waals surface area contributed by atoms with Crippen molar-refractivity contribution >= 4 is 17.5 Å². The number of carbonyl (C=O) groups excluding carboxylic acids is 3. The lowest BCUT2D eigenvalue weighted by Crippen LogP contribution is -2.55. The van der Waals surface area contributed by atoms with Crippen LogP contribution < -0.4 is 0 Å². The van der Waals surface area contributed by atoms with Gasteiger partial charge in [0.2, 0.25) is 0 Å². The second-order valence-corrected chi connectivity index (χ2v) is 7.78. The molecule has 1 aliphatic carbocycles. The monoisotopic (exact) mass is 366 g/mol. The standard InChI is InChI=1S/C19H26O7/c1-10(2)7-8-18-9-12(21)17(4,5)26-14(18)13(11(3)20)19(24,15(18)22)16(23)25-6/h7,12,21,24H,8-9H2,1-6H3/t12-,18+,19-/m1/s1. The summed E-state index contributed by atoms with van der Waals surface area (Å²) in [6, 6.07) is 0. The molecule has 2 N–H and O–H groups in total. The number of aliphatic hydroxyl groups is 2. The Bertz CT molecular complexity index is 726. The summed E-state index contributed by atoms with van der Waals surface area (Å²) < 4.78 is 10.5. The zero-order chi connectivity index (χ0) is 20.1. The minimum atomic E-state index is -2.74.